The number of benzene rings is 1. The van der Waals surface area contributed by atoms with E-state index in [1.165, 1.54) is 0 Å². The second-order valence-corrected chi connectivity index (χ2v) is 6.92. The Labute approximate surface area is 115 Å². The van der Waals surface area contributed by atoms with Crippen molar-refractivity contribution in [2.45, 2.75) is 57.8 Å². The Morgan fingerprint density at radius 1 is 1.16 bits per heavy atom. The molecule has 0 aliphatic carbocycles. The summed E-state index contributed by atoms with van der Waals surface area (Å²) in [7, 11) is 0. The molecule has 0 amide bonds. The molecular formula is C16H24O3. The minimum absolute atomic E-state index is 0.000423. The Balaban J connectivity index is 2.36. The summed E-state index contributed by atoms with van der Waals surface area (Å²) in [5.74, 6) is 0.210. The van der Waals surface area contributed by atoms with Crippen LogP contribution in [0.1, 0.15) is 46.6 Å². The minimum atomic E-state index is -0.981. The predicted octanol–water partition coefficient (Wildman–Crippen LogP) is 3.19. The van der Waals surface area contributed by atoms with Crippen molar-refractivity contribution in [1.82, 2.24) is 0 Å². The molecule has 0 aromatic heterocycles. The molecule has 2 rings (SSSR count). The standard InChI is InChI=1S/C16H24O3/c1-14(2)10-13(15(3,4)19-14)16(5,18)11-6-8-12(17)9-7-11/h6-9,13,17-18H,10H2,1-5H3. The van der Waals surface area contributed by atoms with E-state index in [-0.39, 0.29) is 22.9 Å². The lowest BCUT2D eigenvalue weighted by atomic mass is 9.72. The summed E-state index contributed by atoms with van der Waals surface area (Å²) < 4.78 is 6.07. The Morgan fingerprint density at radius 3 is 2.11 bits per heavy atom. The van der Waals surface area contributed by atoms with Crippen LogP contribution in [0.2, 0.25) is 0 Å². The van der Waals surface area contributed by atoms with E-state index in [9.17, 15) is 10.2 Å². The lowest BCUT2D eigenvalue weighted by Crippen LogP contribution is -2.42. The number of rotatable bonds is 2. The summed E-state index contributed by atoms with van der Waals surface area (Å²) in [5, 5.41) is 20.3. The molecule has 1 saturated heterocycles. The van der Waals surface area contributed by atoms with E-state index >= 15 is 0 Å². The fraction of sp³-hybridized carbons (Fsp3) is 0.625. The highest BCUT2D eigenvalue weighted by Gasteiger charge is 2.53. The van der Waals surface area contributed by atoms with E-state index in [2.05, 4.69) is 13.8 Å². The molecule has 3 nitrogen and oxygen atoms in total. The van der Waals surface area contributed by atoms with Crippen molar-refractivity contribution in [2.75, 3.05) is 0 Å². The molecule has 0 bridgehead atoms. The molecule has 2 unspecified atom stereocenters. The maximum absolute atomic E-state index is 11.0. The van der Waals surface area contributed by atoms with Gasteiger partial charge in [-0.15, -0.1) is 0 Å². The summed E-state index contributed by atoms with van der Waals surface area (Å²) in [6.45, 7) is 10.0. The number of aliphatic hydroxyl groups is 1. The maximum Gasteiger partial charge on any atom is 0.115 e. The number of hydrogen-bond acceptors (Lipinski definition) is 3. The Kier molecular flexibility index (Phi) is 3.19. The van der Waals surface area contributed by atoms with Gasteiger partial charge in [-0.2, -0.15) is 0 Å². The maximum atomic E-state index is 11.0. The van der Waals surface area contributed by atoms with Crippen LogP contribution in [0.3, 0.4) is 0 Å². The van der Waals surface area contributed by atoms with Gasteiger partial charge in [-0.1, -0.05) is 12.1 Å². The number of phenolic OH excluding ortho intramolecular Hbond substituents is 1. The van der Waals surface area contributed by atoms with Crippen molar-refractivity contribution >= 4 is 0 Å². The van der Waals surface area contributed by atoms with E-state index < -0.39 is 5.60 Å². The van der Waals surface area contributed by atoms with E-state index in [0.29, 0.717) is 0 Å². The van der Waals surface area contributed by atoms with Crippen LogP contribution >= 0.6 is 0 Å². The van der Waals surface area contributed by atoms with Gasteiger partial charge in [-0.3, -0.25) is 0 Å². The molecule has 1 heterocycles. The molecule has 1 aliphatic rings. The van der Waals surface area contributed by atoms with Gasteiger partial charge in [0, 0.05) is 5.92 Å². The van der Waals surface area contributed by atoms with Crippen molar-refractivity contribution in [3.63, 3.8) is 0 Å². The Hall–Kier alpha value is -1.06. The molecule has 19 heavy (non-hydrogen) atoms. The van der Waals surface area contributed by atoms with E-state index in [1.807, 2.05) is 20.8 Å². The van der Waals surface area contributed by atoms with Gasteiger partial charge in [0.15, 0.2) is 0 Å². The van der Waals surface area contributed by atoms with Crippen LogP contribution in [0.15, 0.2) is 24.3 Å². The van der Waals surface area contributed by atoms with Crippen molar-refractivity contribution in [3.8, 4) is 5.75 Å². The molecular weight excluding hydrogens is 240 g/mol. The quantitative estimate of drug-likeness (QED) is 0.862. The molecule has 2 N–H and O–H groups in total. The minimum Gasteiger partial charge on any atom is -0.508 e. The first-order valence-corrected chi connectivity index (χ1v) is 6.77. The number of hydrogen-bond donors (Lipinski definition) is 2. The molecule has 1 aromatic carbocycles. The van der Waals surface area contributed by atoms with E-state index in [4.69, 9.17) is 4.74 Å². The van der Waals surface area contributed by atoms with Crippen LogP contribution in [-0.2, 0) is 10.3 Å². The van der Waals surface area contributed by atoms with Gasteiger partial charge in [0.2, 0.25) is 0 Å². The third-order valence-corrected chi connectivity index (χ3v) is 4.20. The highest BCUT2D eigenvalue weighted by Crippen LogP contribution is 2.50. The van der Waals surface area contributed by atoms with Gasteiger partial charge >= 0.3 is 0 Å². The molecule has 0 radical (unpaired) electrons. The van der Waals surface area contributed by atoms with Crippen LogP contribution in [-0.4, -0.2) is 21.4 Å². The molecule has 1 fully saturated rings. The zero-order valence-corrected chi connectivity index (χ0v) is 12.4. The first-order valence-electron chi connectivity index (χ1n) is 6.77. The third kappa shape index (κ3) is 2.63. The van der Waals surface area contributed by atoms with Crippen LogP contribution in [0.5, 0.6) is 5.75 Å². The van der Waals surface area contributed by atoms with Gasteiger partial charge in [0.25, 0.3) is 0 Å². The van der Waals surface area contributed by atoms with Crippen molar-refractivity contribution in [2.24, 2.45) is 5.92 Å². The van der Waals surface area contributed by atoms with Crippen LogP contribution < -0.4 is 0 Å². The molecule has 106 valence electrons. The highest BCUT2D eigenvalue weighted by molar-refractivity contribution is 5.31. The van der Waals surface area contributed by atoms with Crippen LogP contribution in [0.4, 0.5) is 0 Å². The normalized spacial score (nSPS) is 28.0. The fourth-order valence-corrected chi connectivity index (χ4v) is 3.44. The topological polar surface area (TPSA) is 49.7 Å². The largest absolute Gasteiger partial charge is 0.508 e. The summed E-state index contributed by atoms with van der Waals surface area (Å²) in [5.41, 5.74) is -0.782. The summed E-state index contributed by atoms with van der Waals surface area (Å²) in [6.07, 6.45) is 0.799. The van der Waals surface area contributed by atoms with Gasteiger partial charge in [-0.25, -0.2) is 0 Å². The number of aromatic hydroxyl groups is 1. The molecule has 1 aromatic rings. The third-order valence-electron chi connectivity index (χ3n) is 4.20. The second kappa shape index (κ2) is 4.22. The smallest absolute Gasteiger partial charge is 0.115 e. The first kappa shape index (κ1) is 14.4. The monoisotopic (exact) mass is 264 g/mol. The van der Waals surface area contributed by atoms with E-state index in [0.717, 1.165) is 12.0 Å². The molecule has 2 atom stereocenters. The average molecular weight is 264 g/mol. The predicted molar refractivity (Wildman–Crippen MR) is 75.0 cm³/mol. The van der Waals surface area contributed by atoms with Crippen LogP contribution in [0.25, 0.3) is 0 Å². The van der Waals surface area contributed by atoms with Crippen molar-refractivity contribution in [1.29, 1.82) is 0 Å². The lowest BCUT2D eigenvalue weighted by Gasteiger charge is -2.38. The summed E-state index contributed by atoms with van der Waals surface area (Å²) in [4.78, 5) is 0. The number of ether oxygens (including phenoxy) is 1. The molecule has 3 heteroatoms. The van der Waals surface area contributed by atoms with Gasteiger partial charge < -0.3 is 14.9 Å². The van der Waals surface area contributed by atoms with E-state index in [1.54, 1.807) is 24.3 Å². The molecule has 0 saturated carbocycles. The average Bonchev–Trinajstić information content (AvgIpc) is 2.48. The Morgan fingerprint density at radius 2 is 1.68 bits per heavy atom. The zero-order valence-electron chi connectivity index (χ0n) is 12.4. The summed E-state index contributed by atoms with van der Waals surface area (Å²) >= 11 is 0. The van der Waals surface area contributed by atoms with Crippen molar-refractivity contribution < 1.29 is 14.9 Å². The molecule has 0 spiro atoms. The van der Waals surface area contributed by atoms with Crippen LogP contribution in [0, 0.1) is 5.92 Å². The van der Waals surface area contributed by atoms with Gasteiger partial charge in [-0.05, 0) is 58.7 Å². The van der Waals surface area contributed by atoms with Crippen molar-refractivity contribution in [3.05, 3.63) is 29.8 Å². The van der Waals surface area contributed by atoms with Gasteiger partial charge in [0.1, 0.15) is 5.75 Å². The fourth-order valence-electron chi connectivity index (χ4n) is 3.44. The lowest BCUT2D eigenvalue weighted by molar-refractivity contribution is -0.110. The molecule has 1 aliphatic heterocycles. The SMILES string of the molecule is CC1(C)CC(C(C)(O)c2ccc(O)cc2)C(C)(C)O1. The first-order chi connectivity index (χ1) is 8.55. The second-order valence-electron chi connectivity index (χ2n) is 6.92. The van der Waals surface area contributed by atoms with Gasteiger partial charge in [0.05, 0.1) is 16.8 Å². The zero-order chi connectivity index (χ0) is 14.5. The summed E-state index contributed by atoms with van der Waals surface area (Å²) in [6, 6.07) is 6.77. The number of phenols is 1. The highest BCUT2D eigenvalue weighted by atomic mass is 16.5. The Bertz CT molecular complexity index is 457.